The molecule has 1 rings (SSSR count). The lowest BCUT2D eigenvalue weighted by molar-refractivity contribution is 0.135. The highest BCUT2D eigenvalue weighted by Crippen LogP contribution is 2.21. The summed E-state index contributed by atoms with van der Waals surface area (Å²) in [5.74, 6) is 0.563. The number of nitrogens with two attached hydrogens (primary N) is 1. The molecule has 0 fully saturated rings. The molecule has 0 amide bonds. The van der Waals surface area contributed by atoms with Gasteiger partial charge in [-0.15, -0.1) is 10.2 Å². The van der Waals surface area contributed by atoms with Gasteiger partial charge < -0.3 is 4.74 Å². The molecule has 19 heavy (non-hydrogen) atoms. The van der Waals surface area contributed by atoms with E-state index in [2.05, 4.69) is 10.2 Å². The van der Waals surface area contributed by atoms with Crippen LogP contribution in [-0.4, -0.2) is 36.4 Å². The van der Waals surface area contributed by atoms with Gasteiger partial charge in [-0.2, -0.15) is 0 Å². The zero-order valence-electron chi connectivity index (χ0n) is 11.9. The molecule has 110 valence electrons. The normalized spacial score (nSPS) is 12.9. The molecule has 0 radical (unpaired) electrons. The fourth-order valence-electron chi connectivity index (χ4n) is 1.73. The lowest BCUT2D eigenvalue weighted by atomic mass is 10.1. The highest BCUT2D eigenvalue weighted by molar-refractivity contribution is 7.89. The maximum absolute atomic E-state index is 11.5. The third-order valence-corrected chi connectivity index (χ3v) is 3.22. The molecule has 0 unspecified atom stereocenters. The van der Waals surface area contributed by atoms with Crippen LogP contribution >= 0.6 is 0 Å². The molecule has 0 bridgehead atoms. The van der Waals surface area contributed by atoms with Crippen LogP contribution in [0.4, 0.5) is 0 Å². The van der Waals surface area contributed by atoms with Gasteiger partial charge in [0.05, 0.1) is 6.61 Å². The lowest BCUT2D eigenvalue weighted by Crippen LogP contribution is -2.30. The predicted molar refractivity (Wildman–Crippen MR) is 71.2 cm³/mol. The number of aromatic nitrogens is 3. The van der Waals surface area contributed by atoms with Crippen molar-refractivity contribution in [1.82, 2.24) is 14.8 Å². The molecule has 8 heteroatoms. The summed E-state index contributed by atoms with van der Waals surface area (Å²) in [4.78, 5) is 0. The Bertz CT molecular complexity index is 517. The van der Waals surface area contributed by atoms with Crippen LogP contribution < -0.4 is 5.14 Å². The SMILES string of the molecule is CCCOCCc1nnc(S(N)(=O)=O)n1C(C)(C)C. The van der Waals surface area contributed by atoms with Crippen LogP contribution in [0.1, 0.15) is 39.9 Å². The Morgan fingerprint density at radius 3 is 2.37 bits per heavy atom. The molecule has 0 aliphatic rings. The van der Waals surface area contributed by atoms with Gasteiger partial charge in [0.25, 0.3) is 15.2 Å². The number of hydrogen-bond donors (Lipinski definition) is 1. The fourth-order valence-corrected chi connectivity index (χ4v) is 2.52. The summed E-state index contributed by atoms with van der Waals surface area (Å²) >= 11 is 0. The first-order valence-electron chi connectivity index (χ1n) is 6.23. The van der Waals surface area contributed by atoms with Gasteiger partial charge in [0, 0.05) is 18.6 Å². The summed E-state index contributed by atoms with van der Waals surface area (Å²) < 4.78 is 30.0. The average Bonchev–Trinajstić information content (AvgIpc) is 2.67. The maximum Gasteiger partial charge on any atom is 0.273 e. The van der Waals surface area contributed by atoms with Crippen LogP contribution in [0.25, 0.3) is 0 Å². The third-order valence-electron chi connectivity index (χ3n) is 2.44. The van der Waals surface area contributed by atoms with Gasteiger partial charge in [-0.05, 0) is 27.2 Å². The monoisotopic (exact) mass is 290 g/mol. The maximum atomic E-state index is 11.5. The molecule has 0 saturated heterocycles. The first kappa shape index (κ1) is 16.1. The van der Waals surface area contributed by atoms with E-state index in [9.17, 15) is 8.42 Å². The number of ether oxygens (including phenoxy) is 1. The van der Waals surface area contributed by atoms with E-state index in [-0.39, 0.29) is 5.16 Å². The van der Waals surface area contributed by atoms with Crippen molar-refractivity contribution >= 4 is 10.0 Å². The standard InChI is InChI=1S/C11H22N4O3S/c1-5-7-18-8-6-9-13-14-10(19(12,16)17)15(9)11(2,3)4/h5-8H2,1-4H3,(H2,12,16,17). The summed E-state index contributed by atoms with van der Waals surface area (Å²) in [6.07, 6.45) is 1.44. The summed E-state index contributed by atoms with van der Waals surface area (Å²) in [6.45, 7) is 8.81. The molecule has 1 aromatic heterocycles. The topological polar surface area (TPSA) is 100 Å². The Kier molecular flexibility index (Phi) is 5.05. The van der Waals surface area contributed by atoms with E-state index in [0.717, 1.165) is 6.42 Å². The fraction of sp³-hybridized carbons (Fsp3) is 0.818. The highest BCUT2D eigenvalue weighted by atomic mass is 32.2. The van der Waals surface area contributed by atoms with Crippen molar-refractivity contribution in [2.45, 2.75) is 51.2 Å². The second-order valence-electron chi connectivity index (χ2n) is 5.31. The van der Waals surface area contributed by atoms with E-state index in [1.54, 1.807) is 4.57 Å². The van der Waals surface area contributed by atoms with Gasteiger partial charge in [-0.3, -0.25) is 4.57 Å². The minimum absolute atomic E-state index is 0.203. The average molecular weight is 290 g/mol. The van der Waals surface area contributed by atoms with Gasteiger partial charge in [-0.1, -0.05) is 6.92 Å². The van der Waals surface area contributed by atoms with E-state index in [0.29, 0.717) is 25.5 Å². The van der Waals surface area contributed by atoms with E-state index >= 15 is 0 Å². The zero-order valence-corrected chi connectivity index (χ0v) is 12.7. The Morgan fingerprint density at radius 2 is 1.89 bits per heavy atom. The molecule has 1 aromatic rings. The Hall–Kier alpha value is -0.990. The third kappa shape index (κ3) is 4.26. The second kappa shape index (κ2) is 5.98. The zero-order chi connectivity index (χ0) is 14.7. The summed E-state index contributed by atoms with van der Waals surface area (Å²) in [5.41, 5.74) is -0.467. The second-order valence-corrected chi connectivity index (χ2v) is 6.77. The van der Waals surface area contributed by atoms with E-state index in [1.807, 2.05) is 27.7 Å². The molecule has 0 aromatic carbocycles. The van der Waals surface area contributed by atoms with E-state index in [4.69, 9.17) is 9.88 Å². The van der Waals surface area contributed by atoms with Crippen molar-refractivity contribution in [2.24, 2.45) is 5.14 Å². The van der Waals surface area contributed by atoms with Gasteiger partial charge >= 0.3 is 0 Å². The Balaban J connectivity index is 3.03. The van der Waals surface area contributed by atoms with Crippen LogP contribution in [0.5, 0.6) is 0 Å². The molecule has 1 heterocycles. The van der Waals surface area contributed by atoms with Crippen molar-refractivity contribution in [3.8, 4) is 0 Å². The van der Waals surface area contributed by atoms with E-state index < -0.39 is 15.6 Å². The molecule has 7 nitrogen and oxygen atoms in total. The number of nitrogens with zero attached hydrogens (tertiary/aromatic N) is 3. The molecule has 2 N–H and O–H groups in total. The highest BCUT2D eigenvalue weighted by Gasteiger charge is 2.28. The summed E-state index contributed by atoms with van der Waals surface area (Å²) in [6, 6.07) is 0. The lowest BCUT2D eigenvalue weighted by Gasteiger charge is -2.24. The molecule has 0 spiro atoms. The van der Waals surface area contributed by atoms with Gasteiger partial charge in [-0.25, -0.2) is 13.6 Å². The first-order chi connectivity index (χ1) is 8.68. The Morgan fingerprint density at radius 1 is 1.26 bits per heavy atom. The van der Waals surface area contributed by atoms with Gasteiger partial charge in [0.1, 0.15) is 5.82 Å². The molecule has 0 aliphatic heterocycles. The van der Waals surface area contributed by atoms with Crippen LogP contribution in [0.15, 0.2) is 5.16 Å². The number of hydrogen-bond acceptors (Lipinski definition) is 5. The quantitative estimate of drug-likeness (QED) is 0.775. The molecular formula is C11H22N4O3S. The van der Waals surface area contributed by atoms with E-state index in [1.165, 1.54) is 0 Å². The Labute approximate surface area is 114 Å². The van der Waals surface area contributed by atoms with Crippen molar-refractivity contribution in [1.29, 1.82) is 0 Å². The van der Waals surface area contributed by atoms with Crippen LogP contribution in [0, 0.1) is 0 Å². The van der Waals surface area contributed by atoms with Gasteiger partial charge in [0.15, 0.2) is 0 Å². The molecule has 0 saturated carbocycles. The summed E-state index contributed by atoms with van der Waals surface area (Å²) in [7, 11) is -3.88. The number of sulfonamides is 1. The van der Waals surface area contributed by atoms with Crippen LogP contribution in [0.2, 0.25) is 0 Å². The molecule has 0 aliphatic carbocycles. The van der Waals surface area contributed by atoms with Crippen molar-refractivity contribution in [3.05, 3.63) is 5.82 Å². The minimum atomic E-state index is -3.88. The minimum Gasteiger partial charge on any atom is -0.381 e. The van der Waals surface area contributed by atoms with Crippen LogP contribution in [0.3, 0.4) is 0 Å². The molecule has 0 atom stereocenters. The van der Waals surface area contributed by atoms with Crippen molar-refractivity contribution in [3.63, 3.8) is 0 Å². The first-order valence-corrected chi connectivity index (χ1v) is 7.78. The van der Waals surface area contributed by atoms with Gasteiger partial charge in [0.2, 0.25) is 0 Å². The number of primary sulfonamides is 1. The van der Waals surface area contributed by atoms with Crippen molar-refractivity contribution < 1.29 is 13.2 Å². The van der Waals surface area contributed by atoms with Crippen molar-refractivity contribution in [2.75, 3.05) is 13.2 Å². The smallest absolute Gasteiger partial charge is 0.273 e. The summed E-state index contributed by atoms with van der Waals surface area (Å²) in [5, 5.41) is 12.6. The van der Waals surface area contributed by atoms with Crippen LogP contribution in [-0.2, 0) is 26.7 Å². The molecular weight excluding hydrogens is 268 g/mol. The largest absolute Gasteiger partial charge is 0.381 e. The predicted octanol–water partition coefficient (Wildman–Crippen LogP) is 0.650. The number of rotatable bonds is 6.